The molecule has 10 heteroatoms. The molecule has 0 aromatic heterocycles. The molecule has 4 saturated carbocycles. The van der Waals surface area contributed by atoms with Crippen LogP contribution in [0.15, 0.2) is 30.3 Å². The molecule has 208 valence electrons. The van der Waals surface area contributed by atoms with Crippen molar-refractivity contribution >= 4 is 17.2 Å². The van der Waals surface area contributed by atoms with E-state index in [2.05, 4.69) is 5.32 Å². The molecule has 38 heavy (non-hydrogen) atoms. The van der Waals surface area contributed by atoms with E-state index < -0.39 is 29.9 Å². The summed E-state index contributed by atoms with van der Waals surface area (Å²) in [5, 5.41) is 4.05. The molecular formula is C28H31F6NO3. The Bertz CT molecular complexity index is 1150. The predicted octanol–water partition coefficient (Wildman–Crippen LogP) is 7.47. The summed E-state index contributed by atoms with van der Waals surface area (Å²) in [5.41, 5.74) is -0.453. The molecule has 4 aliphatic carbocycles. The smallest absolute Gasteiger partial charge is 0.420 e. The van der Waals surface area contributed by atoms with Crippen molar-refractivity contribution in [3.8, 4) is 5.75 Å². The number of ether oxygens (including phenoxy) is 2. The van der Waals surface area contributed by atoms with Gasteiger partial charge in [0.1, 0.15) is 16.9 Å². The maximum atomic E-state index is 14.2. The van der Waals surface area contributed by atoms with Crippen LogP contribution in [-0.4, -0.2) is 29.9 Å². The van der Waals surface area contributed by atoms with Crippen LogP contribution in [0.5, 0.6) is 5.75 Å². The Morgan fingerprint density at radius 1 is 0.895 bits per heavy atom. The summed E-state index contributed by atoms with van der Waals surface area (Å²) in [4.78, 5) is 10.9. The van der Waals surface area contributed by atoms with Crippen molar-refractivity contribution in [2.45, 2.75) is 100 Å². The molecule has 2 aromatic rings. The number of benzene rings is 2. The summed E-state index contributed by atoms with van der Waals surface area (Å²) in [6, 6.07) is 7.72. The second-order valence-corrected chi connectivity index (χ2v) is 11.2. The number of fused-ring (bicyclic) bond motifs is 4. The van der Waals surface area contributed by atoms with E-state index in [-0.39, 0.29) is 48.0 Å². The van der Waals surface area contributed by atoms with Gasteiger partial charge in [0.05, 0.1) is 12.0 Å². The molecule has 4 fully saturated rings. The lowest BCUT2D eigenvalue weighted by atomic mass is 9.63. The third-order valence-electron chi connectivity index (χ3n) is 8.90. The van der Waals surface area contributed by atoms with Crippen molar-refractivity contribution < 1.29 is 40.6 Å². The highest BCUT2D eigenvalue weighted by Crippen LogP contribution is 2.49. The van der Waals surface area contributed by atoms with Crippen LogP contribution in [0.1, 0.15) is 75.3 Å². The third-order valence-corrected chi connectivity index (χ3v) is 8.90. The van der Waals surface area contributed by atoms with Gasteiger partial charge in [0.2, 0.25) is 0 Å². The zero-order valence-electron chi connectivity index (χ0n) is 20.9. The number of carbonyl (C=O) groups excluding carboxylic acids is 1. The number of rotatable bonds is 7. The summed E-state index contributed by atoms with van der Waals surface area (Å²) >= 11 is 0. The van der Waals surface area contributed by atoms with Crippen LogP contribution >= 0.6 is 0 Å². The first kappa shape index (κ1) is 27.1. The fourth-order valence-electron chi connectivity index (χ4n) is 6.53. The van der Waals surface area contributed by atoms with Crippen molar-refractivity contribution in [1.29, 1.82) is 0 Å². The molecule has 0 radical (unpaired) electrons. The molecule has 0 spiro atoms. The molecule has 0 amide bonds. The van der Waals surface area contributed by atoms with Crippen LogP contribution in [0.4, 0.5) is 26.3 Å². The lowest BCUT2D eigenvalue weighted by Crippen LogP contribution is -2.57. The Morgan fingerprint density at radius 3 is 2.13 bits per heavy atom. The molecule has 0 unspecified atom stereocenters. The Balaban J connectivity index is 1.30. The molecule has 1 N–H and O–H groups in total. The van der Waals surface area contributed by atoms with E-state index in [0.717, 1.165) is 44.1 Å². The van der Waals surface area contributed by atoms with E-state index in [1.54, 1.807) is 18.2 Å². The van der Waals surface area contributed by atoms with Gasteiger partial charge < -0.3 is 14.8 Å². The maximum absolute atomic E-state index is 14.2. The van der Waals surface area contributed by atoms with E-state index in [4.69, 9.17) is 9.47 Å². The Hall–Kier alpha value is -2.49. The highest BCUT2D eigenvalue weighted by molar-refractivity contribution is 5.89. The highest BCUT2D eigenvalue weighted by Gasteiger charge is 2.50. The lowest BCUT2D eigenvalue weighted by Gasteiger charge is -2.52. The zero-order chi connectivity index (χ0) is 27.2. The Morgan fingerprint density at radius 2 is 1.55 bits per heavy atom. The first-order valence-corrected chi connectivity index (χ1v) is 13.1. The van der Waals surface area contributed by atoms with Crippen molar-refractivity contribution in [2.75, 3.05) is 0 Å². The summed E-state index contributed by atoms with van der Waals surface area (Å²) in [6.07, 6.45) is -4.81. The highest BCUT2D eigenvalue weighted by atomic mass is 19.4. The van der Waals surface area contributed by atoms with Crippen LogP contribution in [0, 0.1) is 5.92 Å². The molecule has 0 heterocycles. The minimum atomic E-state index is -4.68. The van der Waals surface area contributed by atoms with E-state index in [0.29, 0.717) is 18.4 Å². The molecule has 4 nitrogen and oxygen atoms in total. The number of carbonyl (C=O) groups is 1. The predicted molar refractivity (Wildman–Crippen MR) is 129 cm³/mol. The van der Waals surface area contributed by atoms with Crippen molar-refractivity contribution in [3.05, 3.63) is 41.5 Å². The second kappa shape index (κ2) is 9.92. The van der Waals surface area contributed by atoms with E-state index in [1.165, 1.54) is 12.1 Å². The van der Waals surface area contributed by atoms with Gasteiger partial charge in [0.25, 0.3) is 6.47 Å². The van der Waals surface area contributed by atoms with E-state index in [9.17, 15) is 31.1 Å². The fraction of sp³-hybridized carbons (Fsp3) is 0.607. The average molecular weight is 544 g/mol. The molecule has 2 bridgehead atoms. The number of hydrogen-bond donors (Lipinski definition) is 1. The normalized spacial score (nSPS) is 29.8. The minimum absolute atomic E-state index is 0.00650. The summed E-state index contributed by atoms with van der Waals surface area (Å²) < 4.78 is 92.4. The van der Waals surface area contributed by atoms with Crippen LogP contribution < -0.4 is 10.1 Å². The molecule has 2 aromatic carbocycles. The molecule has 0 atom stereocenters. The van der Waals surface area contributed by atoms with Crippen molar-refractivity contribution in [1.82, 2.24) is 5.32 Å². The molecule has 6 rings (SSSR count). The van der Waals surface area contributed by atoms with Gasteiger partial charge in [-0.15, -0.1) is 0 Å². The SMILES string of the molecule is O=COC12CCC(NCc3ccc4c(C(F)(F)F)c(OC5CCC(C(F)(F)F)CC5)ccc4c3)(CC1)CC2. The first-order valence-electron chi connectivity index (χ1n) is 13.1. The van der Waals surface area contributed by atoms with Gasteiger partial charge in [0, 0.05) is 12.1 Å². The molecule has 0 aliphatic heterocycles. The van der Waals surface area contributed by atoms with Crippen LogP contribution in [0.3, 0.4) is 0 Å². The summed E-state index contributed by atoms with van der Waals surface area (Å²) in [7, 11) is 0. The van der Waals surface area contributed by atoms with Gasteiger partial charge in [-0.25, -0.2) is 0 Å². The molecule has 4 aliphatic rings. The van der Waals surface area contributed by atoms with Crippen molar-refractivity contribution in [2.24, 2.45) is 5.92 Å². The number of hydrogen-bond acceptors (Lipinski definition) is 4. The van der Waals surface area contributed by atoms with Gasteiger partial charge in [-0.1, -0.05) is 18.2 Å². The van der Waals surface area contributed by atoms with Crippen LogP contribution in [0.25, 0.3) is 10.8 Å². The monoisotopic (exact) mass is 543 g/mol. The quantitative estimate of drug-likeness (QED) is 0.291. The zero-order valence-corrected chi connectivity index (χ0v) is 20.9. The van der Waals surface area contributed by atoms with Crippen LogP contribution in [0.2, 0.25) is 0 Å². The topological polar surface area (TPSA) is 47.6 Å². The lowest BCUT2D eigenvalue weighted by molar-refractivity contribution is -0.185. The minimum Gasteiger partial charge on any atom is -0.490 e. The number of alkyl halides is 6. The number of nitrogens with one attached hydrogen (secondary N) is 1. The summed E-state index contributed by atoms with van der Waals surface area (Å²) in [5.74, 6) is -1.77. The van der Waals surface area contributed by atoms with Gasteiger partial charge in [-0.2, -0.15) is 26.3 Å². The van der Waals surface area contributed by atoms with Crippen LogP contribution in [-0.2, 0) is 22.3 Å². The maximum Gasteiger partial charge on any atom is 0.420 e. The Labute approximate surface area is 217 Å². The van der Waals surface area contributed by atoms with Gasteiger partial charge in [0.15, 0.2) is 0 Å². The van der Waals surface area contributed by atoms with E-state index in [1.807, 2.05) is 0 Å². The largest absolute Gasteiger partial charge is 0.490 e. The van der Waals surface area contributed by atoms with Gasteiger partial charge in [-0.3, -0.25) is 4.79 Å². The van der Waals surface area contributed by atoms with Crippen molar-refractivity contribution in [3.63, 3.8) is 0 Å². The fourth-order valence-corrected chi connectivity index (χ4v) is 6.53. The second-order valence-electron chi connectivity index (χ2n) is 11.2. The third kappa shape index (κ3) is 5.46. The van der Waals surface area contributed by atoms with E-state index >= 15 is 0 Å². The standard InChI is InChI=1S/C28H31F6NO3/c29-27(30,31)20-3-5-21(6-4-20)38-23-8-2-19-15-18(1-7-22(19)24(23)28(32,33)34)16-35-25-9-12-26(13-10-25,14-11-25)37-17-36/h1-2,7-8,15,17,20-21,35H,3-6,9-14,16H2. The molecular weight excluding hydrogens is 512 g/mol. The average Bonchev–Trinajstić information content (AvgIpc) is 2.88. The van der Waals surface area contributed by atoms with Gasteiger partial charge in [-0.05, 0) is 92.7 Å². The summed E-state index contributed by atoms with van der Waals surface area (Å²) in [6.45, 7) is 1.03. The Kier molecular flexibility index (Phi) is 7.07. The number of halogens is 6. The first-order chi connectivity index (χ1) is 17.9. The molecule has 0 saturated heterocycles. The van der Waals surface area contributed by atoms with Gasteiger partial charge >= 0.3 is 12.4 Å².